The lowest BCUT2D eigenvalue weighted by Crippen LogP contribution is -2.62. The van der Waals surface area contributed by atoms with Gasteiger partial charge in [0.05, 0.1) is 39.1 Å². The van der Waals surface area contributed by atoms with Gasteiger partial charge in [-0.15, -0.1) is 6.58 Å². The zero-order valence-corrected chi connectivity index (χ0v) is 31.6. The van der Waals surface area contributed by atoms with Crippen LogP contribution in [0.15, 0.2) is 134 Å². The van der Waals surface area contributed by atoms with E-state index in [0.717, 1.165) is 41.5 Å². The summed E-state index contributed by atoms with van der Waals surface area (Å²) < 4.78 is 40.8. The minimum Gasteiger partial charge on any atom is -0.374 e. The first-order valence-electron chi connectivity index (χ1n) is 19.7. The topological polar surface area (TPSA) is 55.4 Å². The van der Waals surface area contributed by atoms with Crippen molar-refractivity contribution >= 4 is 0 Å². The van der Waals surface area contributed by atoms with E-state index in [9.17, 15) is 0 Å². The van der Waals surface area contributed by atoms with E-state index in [1.165, 1.54) is 38.5 Å². The molecule has 4 aromatic rings. The average molecular weight is 721 g/mol. The summed E-state index contributed by atoms with van der Waals surface area (Å²) >= 11 is 0. The van der Waals surface area contributed by atoms with Crippen LogP contribution in [0.4, 0.5) is 0 Å². The molecule has 0 N–H and O–H groups in total. The van der Waals surface area contributed by atoms with Crippen molar-refractivity contribution < 1.29 is 28.4 Å². The Bertz CT molecular complexity index is 1500. The Kier molecular flexibility index (Phi) is 18.3. The van der Waals surface area contributed by atoms with Crippen LogP contribution in [0.3, 0.4) is 0 Å². The standard InChI is InChI=1S/C47H60O6/c1-3-5-6-7-8-9-22-32-42(23-4-2)52-47-46(51-36-41-30-20-13-21-31-41)45(50-35-40-28-18-12-19-29-40)44(49-34-39-26-16-11-17-27-39)43(53-47)37-48-33-38-24-14-10-15-25-38/h4,10-21,24-31,42-47H,2-3,5-9,22-23,32-37H2,1H3/t42?,43-,44-,45+,46-,47-/m1/s1. The van der Waals surface area contributed by atoms with Crippen molar-refractivity contribution in [2.24, 2.45) is 0 Å². The molecule has 1 aliphatic rings. The Morgan fingerprint density at radius 3 is 1.53 bits per heavy atom. The van der Waals surface area contributed by atoms with Crippen LogP contribution in [0, 0.1) is 0 Å². The van der Waals surface area contributed by atoms with Crippen LogP contribution < -0.4 is 0 Å². The van der Waals surface area contributed by atoms with Gasteiger partial charge < -0.3 is 28.4 Å². The van der Waals surface area contributed by atoms with Gasteiger partial charge in [0.25, 0.3) is 0 Å². The highest BCUT2D eigenvalue weighted by Crippen LogP contribution is 2.33. The third-order valence-corrected chi connectivity index (χ3v) is 9.73. The minimum atomic E-state index is -0.712. The molecule has 1 heterocycles. The van der Waals surface area contributed by atoms with E-state index < -0.39 is 30.7 Å². The molecule has 0 spiro atoms. The fourth-order valence-corrected chi connectivity index (χ4v) is 6.80. The zero-order valence-electron chi connectivity index (χ0n) is 31.6. The molecule has 1 aliphatic heterocycles. The van der Waals surface area contributed by atoms with Crippen LogP contribution >= 0.6 is 0 Å². The first kappa shape index (κ1) is 40.6. The highest BCUT2D eigenvalue weighted by Gasteiger charge is 2.49. The first-order valence-corrected chi connectivity index (χ1v) is 19.7. The van der Waals surface area contributed by atoms with E-state index in [0.29, 0.717) is 33.0 Å². The van der Waals surface area contributed by atoms with Crippen molar-refractivity contribution in [2.45, 2.75) is 128 Å². The summed E-state index contributed by atoms with van der Waals surface area (Å²) in [5, 5.41) is 0. The molecule has 0 aliphatic carbocycles. The molecule has 0 bridgehead atoms. The van der Waals surface area contributed by atoms with Crippen molar-refractivity contribution in [1.29, 1.82) is 0 Å². The third-order valence-electron chi connectivity index (χ3n) is 9.73. The molecule has 0 amide bonds. The molecule has 53 heavy (non-hydrogen) atoms. The molecule has 6 atom stereocenters. The Balaban J connectivity index is 1.41. The lowest BCUT2D eigenvalue weighted by Gasteiger charge is -2.46. The fourth-order valence-electron chi connectivity index (χ4n) is 6.80. The SMILES string of the molecule is C=CCC(CCCCCCCCC)O[C@@H]1O[C@H](COCc2ccccc2)[C@@H](OCc2ccccc2)[C@H](OCc2ccccc2)[C@H]1OCc1ccccc1. The number of rotatable bonds is 25. The number of benzene rings is 4. The summed E-state index contributed by atoms with van der Waals surface area (Å²) in [4.78, 5) is 0. The molecule has 284 valence electrons. The quantitative estimate of drug-likeness (QED) is 0.0502. The van der Waals surface area contributed by atoms with Crippen molar-refractivity contribution in [3.63, 3.8) is 0 Å². The summed E-state index contributed by atoms with van der Waals surface area (Å²) in [7, 11) is 0. The second kappa shape index (κ2) is 23.9. The van der Waals surface area contributed by atoms with E-state index in [2.05, 4.69) is 62.0 Å². The molecule has 0 radical (unpaired) electrons. The summed E-state index contributed by atoms with van der Waals surface area (Å²) in [6, 6.07) is 40.9. The number of ether oxygens (including phenoxy) is 6. The minimum absolute atomic E-state index is 0.0709. The van der Waals surface area contributed by atoms with Gasteiger partial charge in [-0.1, -0.05) is 179 Å². The zero-order chi connectivity index (χ0) is 36.8. The van der Waals surface area contributed by atoms with Crippen LogP contribution in [0.5, 0.6) is 0 Å². The largest absolute Gasteiger partial charge is 0.374 e. The highest BCUT2D eigenvalue weighted by atomic mass is 16.7. The second-order valence-corrected chi connectivity index (χ2v) is 14.0. The highest BCUT2D eigenvalue weighted by molar-refractivity contribution is 5.16. The second-order valence-electron chi connectivity index (χ2n) is 14.0. The molecule has 4 aromatic carbocycles. The van der Waals surface area contributed by atoms with Gasteiger partial charge in [0.2, 0.25) is 0 Å². The van der Waals surface area contributed by atoms with Crippen molar-refractivity contribution in [2.75, 3.05) is 6.61 Å². The van der Waals surface area contributed by atoms with E-state index in [1.54, 1.807) is 0 Å². The molecule has 1 unspecified atom stereocenters. The Labute approximate surface area is 318 Å². The van der Waals surface area contributed by atoms with Gasteiger partial charge in [-0.3, -0.25) is 0 Å². The monoisotopic (exact) mass is 720 g/mol. The average Bonchev–Trinajstić information content (AvgIpc) is 3.20. The molecular weight excluding hydrogens is 661 g/mol. The number of unbranched alkanes of at least 4 members (excludes halogenated alkanes) is 6. The number of hydrogen-bond acceptors (Lipinski definition) is 6. The third kappa shape index (κ3) is 14.3. The molecule has 1 saturated heterocycles. The molecule has 1 fully saturated rings. The Morgan fingerprint density at radius 1 is 0.566 bits per heavy atom. The molecule has 6 nitrogen and oxygen atoms in total. The van der Waals surface area contributed by atoms with Gasteiger partial charge in [0.1, 0.15) is 24.4 Å². The summed E-state index contributed by atoms with van der Waals surface area (Å²) in [6.45, 7) is 8.26. The number of hydrogen-bond donors (Lipinski definition) is 0. The van der Waals surface area contributed by atoms with Crippen LogP contribution in [0.1, 0.15) is 87.0 Å². The summed E-state index contributed by atoms with van der Waals surface area (Å²) in [5.74, 6) is 0. The maximum absolute atomic E-state index is 6.96. The smallest absolute Gasteiger partial charge is 0.187 e. The lowest BCUT2D eigenvalue weighted by atomic mass is 9.97. The molecule has 0 aromatic heterocycles. The van der Waals surface area contributed by atoms with Crippen LogP contribution in [-0.2, 0) is 54.8 Å². The fraction of sp³-hybridized carbons (Fsp3) is 0.447. The van der Waals surface area contributed by atoms with Gasteiger partial charge in [0, 0.05) is 0 Å². The summed E-state index contributed by atoms with van der Waals surface area (Å²) in [5.41, 5.74) is 4.30. The van der Waals surface area contributed by atoms with Gasteiger partial charge in [-0.2, -0.15) is 0 Å². The Hall–Kier alpha value is -3.62. The van der Waals surface area contributed by atoms with Crippen LogP contribution in [-0.4, -0.2) is 43.4 Å². The predicted octanol–water partition coefficient (Wildman–Crippen LogP) is 10.8. The maximum Gasteiger partial charge on any atom is 0.187 e. The van der Waals surface area contributed by atoms with Gasteiger partial charge >= 0.3 is 0 Å². The normalized spacial score (nSPS) is 20.6. The van der Waals surface area contributed by atoms with Crippen molar-refractivity contribution in [3.05, 3.63) is 156 Å². The lowest BCUT2D eigenvalue weighted by molar-refractivity contribution is -0.336. The van der Waals surface area contributed by atoms with E-state index in [1.807, 2.05) is 78.9 Å². The summed E-state index contributed by atoms with van der Waals surface area (Å²) in [6.07, 6.45) is 9.43. The van der Waals surface area contributed by atoms with Crippen molar-refractivity contribution in [3.8, 4) is 0 Å². The van der Waals surface area contributed by atoms with Crippen LogP contribution in [0.25, 0.3) is 0 Å². The predicted molar refractivity (Wildman–Crippen MR) is 212 cm³/mol. The van der Waals surface area contributed by atoms with E-state index >= 15 is 0 Å². The van der Waals surface area contributed by atoms with Gasteiger partial charge in [0.15, 0.2) is 6.29 Å². The first-order chi connectivity index (χ1) is 26.2. The van der Waals surface area contributed by atoms with Crippen molar-refractivity contribution in [1.82, 2.24) is 0 Å². The van der Waals surface area contributed by atoms with Crippen LogP contribution in [0.2, 0.25) is 0 Å². The maximum atomic E-state index is 6.96. The molecular formula is C47H60O6. The molecule has 0 saturated carbocycles. The molecule has 6 heteroatoms. The Morgan fingerprint density at radius 2 is 1.02 bits per heavy atom. The molecule has 5 rings (SSSR count). The van der Waals surface area contributed by atoms with Gasteiger partial charge in [-0.05, 0) is 35.1 Å². The van der Waals surface area contributed by atoms with Gasteiger partial charge in [-0.25, -0.2) is 0 Å². The van der Waals surface area contributed by atoms with E-state index in [4.69, 9.17) is 28.4 Å². The van der Waals surface area contributed by atoms with E-state index in [-0.39, 0.29) is 6.10 Å².